The van der Waals surface area contributed by atoms with Crippen LogP contribution in [0.5, 0.6) is 0 Å². The Morgan fingerprint density at radius 3 is 2.33 bits per heavy atom. The summed E-state index contributed by atoms with van der Waals surface area (Å²) in [7, 11) is 0. The predicted octanol–water partition coefficient (Wildman–Crippen LogP) is 0.994. The summed E-state index contributed by atoms with van der Waals surface area (Å²) in [6.07, 6.45) is 0. The van der Waals surface area contributed by atoms with Gasteiger partial charge in [0.15, 0.2) is 0 Å². The maximum Gasteiger partial charge on any atom is 0.108 e. The smallest absolute Gasteiger partial charge is 0.108 e. The van der Waals surface area contributed by atoms with E-state index in [4.69, 9.17) is 11.6 Å². The average Bonchev–Trinajstić information content (AvgIpc) is 1.65. The van der Waals surface area contributed by atoms with E-state index in [2.05, 4.69) is 0 Å². The summed E-state index contributed by atoms with van der Waals surface area (Å²) in [6, 6.07) is 0. The van der Waals surface area contributed by atoms with E-state index in [0.717, 1.165) is 0 Å². The second-order valence-electron chi connectivity index (χ2n) is 0.918. The van der Waals surface area contributed by atoms with Crippen LogP contribution in [-0.2, 0) is 5.11 Å². The molecule has 1 radical (unpaired) electrons. The van der Waals surface area contributed by atoms with Crippen molar-refractivity contribution >= 4 is 11.6 Å². The Kier molecular flexibility index (Phi) is 3.47. The molecule has 0 saturated carbocycles. The fraction of sp³-hybridized carbons (Fsp3) is 1.00. The fourth-order valence-electron chi connectivity index (χ4n) is 0.0445. The molecule has 3 heteroatoms. The summed E-state index contributed by atoms with van der Waals surface area (Å²) in [5.41, 5.74) is 0. The van der Waals surface area contributed by atoms with E-state index >= 15 is 0 Å². The molecule has 0 aliphatic rings. The molecular weight excluding hydrogens is 106 g/mol. The molecule has 37 valence electrons. The lowest BCUT2D eigenvalue weighted by molar-refractivity contribution is 0.183. The molecule has 0 N–H and O–H groups in total. The second kappa shape index (κ2) is 3.37. The molecule has 1 atom stereocenters. The number of alkyl halides is 2. The zero-order valence-electron chi connectivity index (χ0n) is 3.16. The Balaban J connectivity index is 2.75. The van der Waals surface area contributed by atoms with Gasteiger partial charge in [0.1, 0.15) is 13.3 Å². The van der Waals surface area contributed by atoms with Crippen LogP contribution in [0.3, 0.4) is 0 Å². The normalized spacial score (nSPS) is 14.5. The van der Waals surface area contributed by atoms with Crippen molar-refractivity contribution in [1.29, 1.82) is 0 Å². The highest BCUT2D eigenvalue weighted by Crippen LogP contribution is 1.92. The molecule has 0 aliphatic carbocycles. The van der Waals surface area contributed by atoms with E-state index in [1.807, 2.05) is 0 Å². The Labute approximate surface area is 40.7 Å². The van der Waals surface area contributed by atoms with Gasteiger partial charge >= 0.3 is 0 Å². The van der Waals surface area contributed by atoms with E-state index in [9.17, 15) is 9.50 Å². The molecule has 0 spiro atoms. The zero-order chi connectivity index (χ0) is 4.99. The molecule has 0 aromatic heterocycles. The molecule has 0 heterocycles. The van der Waals surface area contributed by atoms with Gasteiger partial charge in [-0.1, -0.05) is 0 Å². The molecule has 1 unspecified atom stereocenters. The van der Waals surface area contributed by atoms with Gasteiger partial charge in [-0.15, -0.1) is 11.6 Å². The average molecular weight is 112 g/mol. The van der Waals surface area contributed by atoms with Gasteiger partial charge in [-0.05, 0) is 0 Å². The van der Waals surface area contributed by atoms with Crippen molar-refractivity contribution in [2.45, 2.75) is 5.38 Å². The van der Waals surface area contributed by atoms with Crippen molar-refractivity contribution in [3.05, 3.63) is 0 Å². The van der Waals surface area contributed by atoms with Crippen molar-refractivity contribution < 1.29 is 9.50 Å². The standard InChI is InChI=1S/C3H5ClFO/c4-3(1-5)2-6/h3H,1-2H2. The summed E-state index contributed by atoms with van der Waals surface area (Å²) >= 11 is 4.96. The third-order valence-electron chi connectivity index (χ3n) is 0.348. The summed E-state index contributed by atoms with van der Waals surface area (Å²) in [5, 5.41) is 8.67. The molecule has 0 bridgehead atoms. The topological polar surface area (TPSA) is 19.9 Å². The van der Waals surface area contributed by atoms with E-state index in [0.29, 0.717) is 0 Å². The van der Waals surface area contributed by atoms with Crippen molar-refractivity contribution in [2.75, 3.05) is 13.3 Å². The van der Waals surface area contributed by atoms with Crippen molar-refractivity contribution in [2.24, 2.45) is 0 Å². The number of rotatable bonds is 2. The first kappa shape index (κ1) is 6.18. The van der Waals surface area contributed by atoms with Gasteiger partial charge in [0, 0.05) is 0 Å². The SMILES string of the molecule is [O]CC(Cl)CF. The number of halogens is 2. The largest absolute Gasteiger partial charge is 0.249 e. The van der Waals surface area contributed by atoms with Gasteiger partial charge in [0.05, 0.1) is 5.38 Å². The minimum Gasteiger partial charge on any atom is -0.249 e. The summed E-state index contributed by atoms with van der Waals surface area (Å²) < 4.78 is 11.1. The second-order valence-corrected chi connectivity index (χ2v) is 1.54. The van der Waals surface area contributed by atoms with Gasteiger partial charge < -0.3 is 0 Å². The van der Waals surface area contributed by atoms with Crippen molar-refractivity contribution in [3.63, 3.8) is 0 Å². The van der Waals surface area contributed by atoms with Crippen LogP contribution in [0, 0.1) is 0 Å². The molecular formula is C3H5ClFO. The Morgan fingerprint density at radius 1 is 1.83 bits per heavy atom. The van der Waals surface area contributed by atoms with E-state index in [-0.39, 0.29) is 0 Å². The number of hydrogen-bond donors (Lipinski definition) is 0. The first-order valence-corrected chi connectivity index (χ1v) is 2.03. The summed E-state index contributed by atoms with van der Waals surface area (Å²) in [6.45, 7) is -1.25. The maximum atomic E-state index is 11.1. The van der Waals surface area contributed by atoms with Crippen LogP contribution in [0.15, 0.2) is 0 Å². The van der Waals surface area contributed by atoms with Crippen LogP contribution in [0.4, 0.5) is 4.39 Å². The lowest BCUT2D eigenvalue weighted by Gasteiger charge is -1.90. The molecule has 0 saturated heterocycles. The Morgan fingerprint density at radius 2 is 2.33 bits per heavy atom. The van der Waals surface area contributed by atoms with Crippen LogP contribution in [-0.4, -0.2) is 18.7 Å². The lowest BCUT2D eigenvalue weighted by Crippen LogP contribution is -2.04. The first-order chi connectivity index (χ1) is 2.81. The van der Waals surface area contributed by atoms with E-state index in [1.165, 1.54) is 0 Å². The maximum absolute atomic E-state index is 11.1. The molecule has 6 heavy (non-hydrogen) atoms. The minimum atomic E-state index is -0.815. The van der Waals surface area contributed by atoms with Gasteiger partial charge in [-0.3, -0.25) is 0 Å². The minimum absolute atomic E-state index is 0.530. The van der Waals surface area contributed by atoms with Crippen LogP contribution in [0.1, 0.15) is 0 Å². The van der Waals surface area contributed by atoms with Gasteiger partial charge in [0.2, 0.25) is 0 Å². The van der Waals surface area contributed by atoms with Gasteiger partial charge in [-0.2, -0.15) is 0 Å². The molecule has 0 aromatic carbocycles. The monoisotopic (exact) mass is 111 g/mol. The molecule has 0 aromatic rings. The lowest BCUT2D eigenvalue weighted by atomic mass is 10.5. The molecule has 0 aliphatic heterocycles. The molecule has 0 rings (SSSR count). The zero-order valence-corrected chi connectivity index (χ0v) is 3.91. The Hall–Kier alpha value is 0.180. The quantitative estimate of drug-likeness (QED) is 0.474. The third kappa shape index (κ3) is 2.42. The van der Waals surface area contributed by atoms with Gasteiger partial charge in [0.25, 0.3) is 0 Å². The highest BCUT2D eigenvalue weighted by molar-refractivity contribution is 6.20. The van der Waals surface area contributed by atoms with Crippen LogP contribution in [0.25, 0.3) is 0 Å². The van der Waals surface area contributed by atoms with E-state index in [1.54, 1.807) is 0 Å². The fourth-order valence-corrected chi connectivity index (χ4v) is 0.0445. The third-order valence-corrected chi connectivity index (χ3v) is 0.591. The van der Waals surface area contributed by atoms with Gasteiger partial charge in [-0.25, -0.2) is 9.50 Å². The first-order valence-electron chi connectivity index (χ1n) is 1.59. The summed E-state index contributed by atoms with van der Waals surface area (Å²) in [5.74, 6) is 0. The molecule has 1 nitrogen and oxygen atoms in total. The van der Waals surface area contributed by atoms with Crippen LogP contribution < -0.4 is 0 Å². The van der Waals surface area contributed by atoms with Crippen molar-refractivity contribution in [3.8, 4) is 0 Å². The highest BCUT2D eigenvalue weighted by atomic mass is 35.5. The molecule has 0 amide bonds. The van der Waals surface area contributed by atoms with Crippen molar-refractivity contribution in [1.82, 2.24) is 0 Å². The van der Waals surface area contributed by atoms with Crippen LogP contribution >= 0.6 is 11.6 Å². The highest BCUT2D eigenvalue weighted by Gasteiger charge is 1.98. The predicted molar refractivity (Wildman–Crippen MR) is 21.2 cm³/mol. The van der Waals surface area contributed by atoms with Crippen LogP contribution in [0.2, 0.25) is 0 Å². The van der Waals surface area contributed by atoms with E-state index < -0.39 is 18.7 Å². The molecule has 0 fully saturated rings. The summed E-state index contributed by atoms with van der Waals surface area (Å²) in [4.78, 5) is 0. The number of hydrogen-bond acceptors (Lipinski definition) is 0. The Bertz CT molecular complexity index is 30.0.